The summed E-state index contributed by atoms with van der Waals surface area (Å²) in [6.07, 6.45) is 3.74. The van der Waals surface area contributed by atoms with Crippen molar-refractivity contribution in [2.45, 2.75) is 12.5 Å². The first kappa shape index (κ1) is 21.5. The predicted octanol–water partition coefficient (Wildman–Crippen LogP) is 2.87. The molecule has 1 atom stereocenters. The fourth-order valence-corrected chi connectivity index (χ4v) is 4.28. The number of aliphatic hydroxyl groups excluding tert-OH is 1. The summed E-state index contributed by atoms with van der Waals surface area (Å²) in [4.78, 5) is 41.1. The molecule has 9 heteroatoms. The molecule has 9 nitrogen and oxygen atoms in total. The molecular weight excluding hydrogens is 434 g/mol. The van der Waals surface area contributed by atoms with Gasteiger partial charge in [0.25, 0.3) is 11.8 Å². The number of nitrogens with one attached hydrogen (secondary N) is 3. The van der Waals surface area contributed by atoms with Crippen molar-refractivity contribution in [2.24, 2.45) is 5.73 Å². The molecule has 5 rings (SSSR count). The Kier molecular flexibility index (Phi) is 5.39. The van der Waals surface area contributed by atoms with E-state index in [9.17, 15) is 19.5 Å². The summed E-state index contributed by atoms with van der Waals surface area (Å²) in [5, 5.41) is 15.0. The lowest BCUT2D eigenvalue weighted by atomic mass is 10.0. The number of nitrogens with two attached hydrogens (primary N) is 1. The molecule has 2 aliphatic rings. The van der Waals surface area contributed by atoms with E-state index >= 15 is 0 Å². The van der Waals surface area contributed by atoms with E-state index < -0.39 is 12.1 Å². The molecule has 3 heterocycles. The van der Waals surface area contributed by atoms with Gasteiger partial charge < -0.3 is 31.4 Å². The second kappa shape index (κ2) is 8.53. The molecule has 2 aliphatic heterocycles. The average Bonchev–Trinajstić information content (AvgIpc) is 3.53. The highest BCUT2D eigenvalue weighted by Crippen LogP contribution is 2.35. The number of H-pyrrole nitrogens is 1. The Morgan fingerprint density at radius 3 is 2.62 bits per heavy atom. The quantitative estimate of drug-likeness (QED) is 0.384. The van der Waals surface area contributed by atoms with Gasteiger partial charge in [0.1, 0.15) is 0 Å². The van der Waals surface area contributed by atoms with Crippen molar-refractivity contribution in [3.8, 4) is 11.1 Å². The molecule has 0 saturated carbocycles. The maximum atomic E-state index is 12.6. The third-order valence-electron chi connectivity index (χ3n) is 5.99. The van der Waals surface area contributed by atoms with Gasteiger partial charge in [0.05, 0.1) is 11.7 Å². The van der Waals surface area contributed by atoms with Gasteiger partial charge >= 0.3 is 6.03 Å². The summed E-state index contributed by atoms with van der Waals surface area (Å²) in [5.74, 6) is -0.323. The number of β-amino-alcohol motifs (C(OH)–C–C–N with tert-alkyl or cyclic N) is 1. The molecule has 1 fully saturated rings. The molecule has 34 heavy (non-hydrogen) atoms. The Labute approximate surface area is 195 Å². The number of fused-ring (bicyclic) bond motifs is 1. The van der Waals surface area contributed by atoms with Crippen LogP contribution in [-0.2, 0) is 4.79 Å². The summed E-state index contributed by atoms with van der Waals surface area (Å²) in [5.41, 5.74) is 10.6. The van der Waals surface area contributed by atoms with E-state index in [1.54, 1.807) is 41.3 Å². The van der Waals surface area contributed by atoms with Crippen LogP contribution in [-0.4, -0.2) is 52.0 Å². The normalized spacial score (nSPS) is 18.1. The van der Waals surface area contributed by atoms with Crippen molar-refractivity contribution in [3.05, 3.63) is 71.5 Å². The number of aromatic amines is 1. The van der Waals surface area contributed by atoms with Crippen LogP contribution in [0, 0.1) is 0 Å². The van der Waals surface area contributed by atoms with E-state index in [1.807, 2.05) is 24.4 Å². The number of carbonyl (C=O) groups excluding carboxylic acids is 3. The lowest BCUT2D eigenvalue weighted by Crippen LogP contribution is -2.29. The van der Waals surface area contributed by atoms with Crippen molar-refractivity contribution < 1.29 is 19.5 Å². The van der Waals surface area contributed by atoms with Gasteiger partial charge in [0.15, 0.2) is 0 Å². The Morgan fingerprint density at radius 1 is 1.12 bits per heavy atom. The smallest absolute Gasteiger partial charge is 0.316 e. The number of primary amides is 1. The van der Waals surface area contributed by atoms with E-state index in [4.69, 9.17) is 5.73 Å². The second-order valence-electron chi connectivity index (χ2n) is 8.38. The van der Waals surface area contributed by atoms with Gasteiger partial charge in [-0.1, -0.05) is 12.1 Å². The number of carbonyl (C=O) groups is 3. The third kappa shape index (κ3) is 4.16. The summed E-state index contributed by atoms with van der Waals surface area (Å²) in [7, 11) is 0. The Hall–Kier alpha value is -4.37. The van der Waals surface area contributed by atoms with E-state index in [-0.39, 0.29) is 11.8 Å². The topological polar surface area (TPSA) is 141 Å². The molecule has 1 aromatic heterocycles. The number of likely N-dealkylation sites (tertiary alicyclic amines) is 1. The van der Waals surface area contributed by atoms with Crippen molar-refractivity contribution in [2.75, 3.05) is 23.7 Å². The van der Waals surface area contributed by atoms with Crippen molar-refractivity contribution in [1.82, 2.24) is 9.88 Å². The van der Waals surface area contributed by atoms with Crippen molar-refractivity contribution in [3.63, 3.8) is 0 Å². The van der Waals surface area contributed by atoms with Crippen LogP contribution >= 0.6 is 0 Å². The number of nitrogens with zero attached hydrogens (tertiary/aromatic N) is 1. The molecule has 2 aromatic carbocycles. The summed E-state index contributed by atoms with van der Waals surface area (Å²) < 4.78 is 0. The summed E-state index contributed by atoms with van der Waals surface area (Å²) in [6, 6.07) is 13.6. The van der Waals surface area contributed by atoms with E-state index in [2.05, 4.69) is 15.6 Å². The fraction of sp³-hybridized carbons (Fsp3) is 0.160. The van der Waals surface area contributed by atoms with Crippen molar-refractivity contribution >= 4 is 40.9 Å². The zero-order chi connectivity index (χ0) is 23.8. The van der Waals surface area contributed by atoms with Crippen LogP contribution in [0.2, 0.25) is 0 Å². The molecule has 0 spiro atoms. The second-order valence-corrected chi connectivity index (χ2v) is 8.38. The summed E-state index contributed by atoms with van der Waals surface area (Å²) >= 11 is 0. The largest absolute Gasteiger partial charge is 0.391 e. The minimum absolute atomic E-state index is 0.0845. The van der Waals surface area contributed by atoms with Gasteiger partial charge in [-0.3, -0.25) is 9.59 Å². The predicted molar refractivity (Wildman–Crippen MR) is 129 cm³/mol. The van der Waals surface area contributed by atoms with Crippen LogP contribution in [0.3, 0.4) is 0 Å². The number of hydrogen-bond acceptors (Lipinski definition) is 4. The Balaban J connectivity index is 1.36. The first-order chi connectivity index (χ1) is 16.4. The van der Waals surface area contributed by atoms with Crippen LogP contribution in [0.25, 0.3) is 22.8 Å². The zero-order valence-corrected chi connectivity index (χ0v) is 18.2. The van der Waals surface area contributed by atoms with Crippen molar-refractivity contribution in [1.29, 1.82) is 0 Å². The number of benzene rings is 2. The molecule has 1 unspecified atom stereocenters. The van der Waals surface area contributed by atoms with Crippen LogP contribution in [0.1, 0.15) is 28.0 Å². The fourth-order valence-electron chi connectivity index (χ4n) is 4.28. The molecular formula is C25H23N5O4. The van der Waals surface area contributed by atoms with Crippen LogP contribution in [0.5, 0.6) is 0 Å². The highest BCUT2D eigenvalue weighted by molar-refractivity contribution is 6.35. The highest BCUT2D eigenvalue weighted by Gasteiger charge is 2.26. The third-order valence-corrected chi connectivity index (χ3v) is 5.99. The van der Waals surface area contributed by atoms with Gasteiger partial charge in [-0.05, 0) is 60.0 Å². The number of hydrogen-bond donors (Lipinski definition) is 5. The lowest BCUT2D eigenvalue weighted by molar-refractivity contribution is -0.110. The highest BCUT2D eigenvalue weighted by atomic mass is 16.3. The number of anilines is 2. The van der Waals surface area contributed by atoms with E-state index in [0.29, 0.717) is 47.6 Å². The molecule has 3 aromatic rings. The minimum Gasteiger partial charge on any atom is -0.391 e. The first-order valence-corrected chi connectivity index (χ1v) is 10.9. The van der Waals surface area contributed by atoms with Gasteiger partial charge in [0, 0.05) is 47.5 Å². The number of urea groups is 1. The van der Waals surface area contributed by atoms with Crippen LogP contribution in [0.4, 0.5) is 16.2 Å². The zero-order valence-electron chi connectivity index (χ0n) is 18.2. The number of rotatable bonds is 4. The Morgan fingerprint density at radius 2 is 1.91 bits per heavy atom. The van der Waals surface area contributed by atoms with E-state index in [0.717, 1.165) is 16.8 Å². The first-order valence-electron chi connectivity index (χ1n) is 10.9. The van der Waals surface area contributed by atoms with Crippen LogP contribution < -0.4 is 16.4 Å². The SMILES string of the molecule is NC(=O)Nc1ccc2c(c1)/C(=C/c1cc(-c3ccc(C(=O)N4CCC(O)C4)cc3)c[nH]1)C(=O)N2. The number of aliphatic hydroxyl groups is 1. The van der Waals surface area contributed by atoms with Crippen LogP contribution in [0.15, 0.2) is 54.7 Å². The molecule has 0 radical (unpaired) electrons. The lowest BCUT2D eigenvalue weighted by Gasteiger charge is -2.15. The van der Waals surface area contributed by atoms with Gasteiger partial charge in [-0.15, -0.1) is 0 Å². The molecule has 6 N–H and O–H groups in total. The van der Waals surface area contributed by atoms with Gasteiger partial charge in [-0.2, -0.15) is 0 Å². The average molecular weight is 457 g/mol. The Bertz CT molecular complexity index is 1330. The molecule has 4 amide bonds. The van der Waals surface area contributed by atoms with Gasteiger partial charge in [0.2, 0.25) is 0 Å². The molecule has 0 bridgehead atoms. The standard InChI is InChI=1S/C25H23N5O4/c26-25(34)28-17-5-6-22-20(10-17)21(23(32)29-22)11-18-9-16(12-27-18)14-1-3-15(4-2-14)24(33)30-8-7-19(31)13-30/h1-6,9-12,19,27,31H,7-8,13H2,(H,29,32)(H3,26,28,34)/b21-11-. The monoisotopic (exact) mass is 457 g/mol. The molecule has 172 valence electrons. The summed E-state index contributed by atoms with van der Waals surface area (Å²) in [6.45, 7) is 0.932. The number of amides is 4. The minimum atomic E-state index is -0.678. The molecule has 1 saturated heterocycles. The van der Waals surface area contributed by atoms with Gasteiger partial charge in [-0.25, -0.2) is 4.79 Å². The van der Waals surface area contributed by atoms with E-state index in [1.165, 1.54) is 0 Å². The number of aromatic nitrogens is 1. The maximum absolute atomic E-state index is 12.6. The molecule has 0 aliphatic carbocycles. The maximum Gasteiger partial charge on any atom is 0.316 e.